The van der Waals surface area contributed by atoms with E-state index in [2.05, 4.69) is 65.4 Å². The normalized spacial score (nSPS) is 11.6. The van der Waals surface area contributed by atoms with Crippen molar-refractivity contribution in [2.24, 2.45) is 0 Å². The first-order valence-corrected chi connectivity index (χ1v) is 9.80. The third-order valence-electron chi connectivity index (χ3n) is 3.43. The van der Waals surface area contributed by atoms with Crippen LogP contribution in [0.4, 0.5) is 0 Å². The Bertz CT molecular complexity index is 534. The number of aliphatic hydroxyl groups is 1. The fourth-order valence-corrected chi connectivity index (χ4v) is 5.34. The van der Waals surface area contributed by atoms with Crippen LogP contribution in [-0.4, -0.2) is 13.2 Å². The number of hydrogen-bond donors (Lipinski definition) is 1. The van der Waals surface area contributed by atoms with Gasteiger partial charge in [-0.1, -0.05) is 70.6 Å². The number of hydrogen-bond acceptors (Lipinski definition) is 1. The second-order valence-corrected chi connectivity index (χ2v) is 10.2. The molecule has 0 aliphatic heterocycles. The largest absolute Gasteiger partial charge is 0.392 e. The highest BCUT2D eigenvalue weighted by molar-refractivity contribution is 9.10. The number of benzene rings is 2. The summed E-state index contributed by atoms with van der Waals surface area (Å²) in [6.07, 6.45) is 0. The first-order valence-electron chi connectivity index (χ1n) is 6.01. The van der Waals surface area contributed by atoms with E-state index in [1.165, 1.54) is 10.4 Å². The van der Waals surface area contributed by atoms with Crippen LogP contribution in [0, 0.1) is 0 Å². The molecule has 0 heterocycles. The first-order chi connectivity index (χ1) is 8.55. The fourth-order valence-electron chi connectivity index (χ4n) is 2.29. The van der Waals surface area contributed by atoms with Gasteiger partial charge in [0.1, 0.15) is 8.07 Å². The average molecular weight is 321 g/mol. The summed E-state index contributed by atoms with van der Waals surface area (Å²) in [7, 11) is -1.72. The van der Waals surface area contributed by atoms with Crippen molar-refractivity contribution in [3.63, 3.8) is 0 Å². The quantitative estimate of drug-likeness (QED) is 0.862. The third-order valence-corrected chi connectivity index (χ3v) is 7.57. The van der Waals surface area contributed by atoms with E-state index in [0.29, 0.717) is 0 Å². The maximum atomic E-state index is 9.49. The van der Waals surface area contributed by atoms with Gasteiger partial charge in [0, 0.05) is 4.47 Å². The maximum absolute atomic E-state index is 9.49. The summed E-state index contributed by atoms with van der Waals surface area (Å²) in [6, 6.07) is 16.8. The molecule has 94 valence electrons. The Hall–Kier alpha value is -0.903. The van der Waals surface area contributed by atoms with Crippen LogP contribution in [0.15, 0.2) is 53.0 Å². The van der Waals surface area contributed by atoms with Gasteiger partial charge in [-0.05, 0) is 22.9 Å². The highest BCUT2D eigenvalue weighted by Gasteiger charge is 2.27. The summed E-state index contributed by atoms with van der Waals surface area (Å²) in [6.45, 7) is 4.76. The highest BCUT2D eigenvalue weighted by Crippen LogP contribution is 2.12. The van der Waals surface area contributed by atoms with E-state index in [9.17, 15) is 5.11 Å². The third kappa shape index (κ3) is 2.58. The van der Waals surface area contributed by atoms with Crippen molar-refractivity contribution in [3.05, 3.63) is 58.6 Å². The van der Waals surface area contributed by atoms with Gasteiger partial charge >= 0.3 is 0 Å². The predicted octanol–water partition coefficient (Wildman–Crippen LogP) is 2.76. The lowest BCUT2D eigenvalue weighted by molar-refractivity contribution is 0.283. The predicted molar refractivity (Wildman–Crippen MR) is 83.3 cm³/mol. The topological polar surface area (TPSA) is 20.2 Å². The molecule has 1 nitrogen and oxygen atoms in total. The molecule has 2 rings (SSSR count). The second-order valence-electron chi connectivity index (χ2n) is 4.95. The van der Waals surface area contributed by atoms with Gasteiger partial charge in [0.05, 0.1) is 6.61 Å². The van der Waals surface area contributed by atoms with Crippen molar-refractivity contribution in [2.75, 3.05) is 0 Å². The van der Waals surface area contributed by atoms with Crippen molar-refractivity contribution in [3.8, 4) is 0 Å². The molecule has 0 aliphatic rings. The van der Waals surface area contributed by atoms with Gasteiger partial charge in [-0.2, -0.15) is 0 Å². The van der Waals surface area contributed by atoms with Gasteiger partial charge in [0.2, 0.25) is 0 Å². The van der Waals surface area contributed by atoms with Gasteiger partial charge in [0.25, 0.3) is 0 Å². The lowest BCUT2D eigenvalue weighted by Crippen LogP contribution is -2.54. The van der Waals surface area contributed by atoms with E-state index in [1.54, 1.807) is 0 Å². The van der Waals surface area contributed by atoms with Gasteiger partial charge in [-0.3, -0.25) is 0 Å². The van der Waals surface area contributed by atoms with Crippen LogP contribution < -0.4 is 10.4 Å². The zero-order valence-electron chi connectivity index (χ0n) is 10.7. The lowest BCUT2D eigenvalue weighted by atomic mass is 10.2. The minimum absolute atomic E-state index is 0.114. The molecule has 0 fully saturated rings. The van der Waals surface area contributed by atoms with Crippen LogP contribution in [0.3, 0.4) is 0 Å². The molecule has 1 N–H and O–H groups in total. The van der Waals surface area contributed by atoms with E-state index in [-0.39, 0.29) is 6.61 Å². The van der Waals surface area contributed by atoms with Crippen LogP contribution in [-0.2, 0) is 6.61 Å². The lowest BCUT2D eigenvalue weighted by Gasteiger charge is -2.26. The smallest absolute Gasteiger partial charge is 0.112 e. The van der Waals surface area contributed by atoms with Crippen LogP contribution >= 0.6 is 15.9 Å². The monoisotopic (exact) mass is 320 g/mol. The van der Waals surface area contributed by atoms with Crippen molar-refractivity contribution < 1.29 is 5.11 Å². The van der Waals surface area contributed by atoms with Gasteiger partial charge in [0.15, 0.2) is 0 Å². The molecule has 0 saturated heterocycles. The van der Waals surface area contributed by atoms with Crippen molar-refractivity contribution in [2.45, 2.75) is 19.7 Å². The molecule has 0 aromatic heterocycles. The van der Waals surface area contributed by atoms with Crippen LogP contribution in [0.25, 0.3) is 0 Å². The van der Waals surface area contributed by atoms with Gasteiger partial charge < -0.3 is 5.11 Å². The molecule has 3 heteroatoms. The van der Waals surface area contributed by atoms with E-state index < -0.39 is 8.07 Å². The molecule has 0 amide bonds. The zero-order chi connectivity index (χ0) is 13.2. The molecule has 0 unspecified atom stereocenters. The van der Waals surface area contributed by atoms with Crippen molar-refractivity contribution >= 4 is 34.4 Å². The van der Waals surface area contributed by atoms with E-state index in [0.717, 1.165) is 10.0 Å². The minimum atomic E-state index is -1.72. The molecule has 0 radical (unpaired) electrons. The molecule has 18 heavy (non-hydrogen) atoms. The molecule has 2 aromatic carbocycles. The maximum Gasteiger partial charge on any atom is 0.112 e. The Morgan fingerprint density at radius 3 is 2.22 bits per heavy atom. The van der Waals surface area contributed by atoms with Gasteiger partial charge in [-0.15, -0.1) is 0 Å². The molecule has 0 spiro atoms. The first kappa shape index (κ1) is 13.5. The van der Waals surface area contributed by atoms with Crippen LogP contribution in [0.1, 0.15) is 5.56 Å². The molecule has 0 aliphatic carbocycles. The zero-order valence-corrected chi connectivity index (χ0v) is 13.2. The standard InChI is InChI=1S/C15H17BrOSi/c1-18(2,14-9-7-13(16)8-10-14)15-6-4-3-5-12(15)11-17/h3-10,17H,11H2,1-2H3. The molecular formula is C15H17BrOSi. The summed E-state index contributed by atoms with van der Waals surface area (Å²) in [5.41, 5.74) is 1.05. The van der Waals surface area contributed by atoms with Crippen molar-refractivity contribution in [1.82, 2.24) is 0 Å². The van der Waals surface area contributed by atoms with Crippen LogP contribution in [0.5, 0.6) is 0 Å². The molecular weight excluding hydrogens is 304 g/mol. The Balaban J connectivity index is 2.50. The summed E-state index contributed by atoms with van der Waals surface area (Å²) in [5.74, 6) is 0. The number of rotatable bonds is 3. The van der Waals surface area contributed by atoms with Crippen molar-refractivity contribution in [1.29, 1.82) is 0 Å². The number of halogens is 1. The molecule has 0 bridgehead atoms. The van der Waals surface area contributed by atoms with E-state index in [1.807, 2.05) is 12.1 Å². The summed E-state index contributed by atoms with van der Waals surface area (Å²) in [4.78, 5) is 0. The Morgan fingerprint density at radius 1 is 1.00 bits per heavy atom. The van der Waals surface area contributed by atoms with Gasteiger partial charge in [-0.25, -0.2) is 0 Å². The van der Waals surface area contributed by atoms with E-state index >= 15 is 0 Å². The summed E-state index contributed by atoms with van der Waals surface area (Å²) in [5, 5.41) is 12.2. The number of aliphatic hydroxyl groups excluding tert-OH is 1. The minimum Gasteiger partial charge on any atom is -0.392 e. The SMILES string of the molecule is C[Si](C)(c1ccc(Br)cc1)c1ccccc1CO. The molecule has 0 atom stereocenters. The van der Waals surface area contributed by atoms with Crippen LogP contribution in [0.2, 0.25) is 13.1 Å². The Labute approximate surface area is 118 Å². The highest BCUT2D eigenvalue weighted by atomic mass is 79.9. The summed E-state index contributed by atoms with van der Waals surface area (Å²) < 4.78 is 1.10. The van der Waals surface area contributed by atoms with E-state index in [4.69, 9.17) is 0 Å². The fraction of sp³-hybridized carbons (Fsp3) is 0.200. The molecule has 0 saturated carbocycles. The Morgan fingerprint density at radius 2 is 1.61 bits per heavy atom. The average Bonchev–Trinajstić information content (AvgIpc) is 2.39. The Kier molecular flexibility index (Phi) is 4.05. The molecule has 2 aromatic rings. The second kappa shape index (κ2) is 5.39. The summed E-state index contributed by atoms with van der Waals surface area (Å²) >= 11 is 3.47.